The standard InChI is InChI=1S/C21H23N7O2S2/c1-31-28-6-3-2-4-14(28)5-7-27-20-18(19(23)24-11-25-20)26-21(27)32-17-9-16-15(29-12-30-16)8-13(17)10-22/h8-9,11,14H,2-7,12H2,1H3,(H2,23,24,25). The fraction of sp³-hybridized carbons (Fsp3) is 0.429. The molecule has 2 N–H and O–H groups in total. The number of nitriles is 1. The van der Waals surface area contributed by atoms with Gasteiger partial charge in [-0.15, -0.1) is 0 Å². The van der Waals surface area contributed by atoms with E-state index in [1.807, 2.05) is 18.0 Å². The lowest BCUT2D eigenvalue weighted by atomic mass is 10.0. The highest BCUT2D eigenvalue weighted by molar-refractivity contribution is 7.99. The average molecular weight is 470 g/mol. The number of aryl methyl sites for hydroxylation is 1. The third-order valence-corrected chi connectivity index (χ3v) is 7.82. The molecule has 9 nitrogen and oxygen atoms in total. The molecular formula is C21H23N7O2S2. The molecule has 4 heterocycles. The number of anilines is 1. The van der Waals surface area contributed by atoms with Crippen molar-refractivity contribution in [1.29, 1.82) is 5.26 Å². The summed E-state index contributed by atoms with van der Waals surface area (Å²) in [4.78, 5) is 14.1. The van der Waals surface area contributed by atoms with Crippen molar-refractivity contribution >= 4 is 40.7 Å². The van der Waals surface area contributed by atoms with E-state index >= 15 is 0 Å². The van der Waals surface area contributed by atoms with Crippen LogP contribution in [0.1, 0.15) is 31.2 Å². The van der Waals surface area contributed by atoms with Crippen molar-refractivity contribution in [2.24, 2.45) is 0 Å². The van der Waals surface area contributed by atoms with Crippen molar-refractivity contribution < 1.29 is 9.47 Å². The summed E-state index contributed by atoms with van der Waals surface area (Å²) in [7, 11) is 0. The van der Waals surface area contributed by atoms with Crippen molar-refractivity contribution in [2.45, 2.75) is 48.3 Å². The minimum absolute atomic E-state index is 0.159. The van der Waals surface area contributed by atoms with Gasteiger partial charge in [-0.2, -0.15) is 5.26 Å². The number of nitrogens with two attached hydrogens (primary N) is 1. The molecule has 2 aliphatic heterocycles. The number of ether oxygens (including phenoxy) is 2. The van der Waals surface area contributed by atoms with Gasteiger partial charge in [-0.1, -0.05) is 30.1 Å². The molecule has 0 saturated carbocycles. The second kappa shape index (κ2) is 9.05. The van der Waals surface area contributed by atoms with E-state index in [4.69, 9.17) is 20.2 Å². The van der Waals surface area contributed by atoms with E-state index in [-0.39, 0.29) is 6.79 Å². The minimum Gasteiger partial charge on any atom is -0.454 e. The summed E-state index contributed by atoms with van der Waals surface area (Å²) < 4.78 is 15.5. The lowest BCUT2D eigenvalue weighted by Crippen LogP contribution is -2.34. The van der Waals surface area contributed by atoms with Gasteiger partial charge in [0.05, 0.1) is 5.56 Å². The molecule has 0 bridgehead atoms. The number of imidazole rings is 1. The Bertz CT molecular complexity index is 1190. The zero-order chi connectivity index (χ0) is 22.1. The van der Waals surface area contributed by atoms with Crippen LogP contribution in [0.5, 0.6) is 11.5 Å². The van der Waals surface area contributed by atoms with Gasteiger partial charge in [-0.05, 0) is 31.6 Å². The van der Waals surface area contributed by atoms with Crippen LogP contribution in [0.15, 0.2) is 28.5 Å². The second-order valence-corrected chi connectivity index (χ2v) is 9.50. The number of nitrogens with zero attached hydrogens (tertiary/aromatic N) is 6. The first-order valence-corrected chi connectivity index (χ1v) is 12.5. The maximum absolute atomic E-state index is 9.67. The molecule has 3 aromatic rings. The predicted octanol–water partition coefficient (Wildman–Crippen LogP) is 3.68. The zero-order valence-corrected chi connectivity index (χ0v) is 19.3. The molecule has 2 aromatic heterocycles. The number of fused-ring (bicyclic) bond motifs is 2. The molecule has 1 fully saturated rings. The summed E-state index contributed by atoms with van der Waals surface area (Å²) in [5, 5.41) is 10.4. The highest BCUT2D eigenvalue weighted by Gasteiger charge is 2.25. The third-order valence-electron chi connectivity index (χ3n) is 5.82. The maximum atomic E-state index is 9.67. The van der Waals surface area contributed by atoms with Crippen LogP contribution in [0.2, 0.25) is 0 Å². The van der Waals surface area contributed by atoms with E-state index in [0.29, 0.717) is 40.1 Å². The van der Waals surface area contributed by atoms with Gasteiger partial charge in [0.2, 0.25) is 6.79 Å². The topological polar surface area (TPSA) is 115 Å². The monoisotopic (exact) mass is 469 g/mol. The van der Waals surface area contributed by atoms with Gasteiger partial charge in [-0.25, -0.2) is 19.3 Å². The van der Waals surface area contributed by atoms with Gasteiger partial charge in [0.25, 0.3) is 0 Å². The summed E-state index contributed by atoms with van der Waals surface area (Å²) in [6.07, 6.45) is 8.29. The fourth-order valence-electron chi connectivity index (χ4n) is 4.19. The van der Waals surface area contributed by atoms with Crippen molar-refractivity contribution in [3.63, 3.8) is 0 Å². The van der Waals surface area contributed by atoms with Gasteiger partial charge in [0.1, 0.15) is 12.4 Å². The molecule has 0 radical (unpaired) electrons. The Morgan fingerprint density at radius 3 is 2.91 bits per heavy atom. The largest absolute Gasteiger partial charge is 0.454 e. The molecule has 5 rings (SSSR count). The molecule has 166 valence electrons. The van der Waals surface area contributed by atoms with Gasteiger partial charge >= 0.3 is 0 Å². The van der Waals surface area contributed by atoms with Crippen LogP contribution in [0.3, 0.4) is 0 Å². The Morgan fingerprint density at radius 1 is 1.25 bits per heavy atom. The number of benzene rings is 1. The quantitative estimate of drug-likeness (QED) is 0.536. The molecule has 1 atom stereocenters. The molecular weight excluding hydrogens is 446 g/mol. The van der Waals surface area contributed by atoms with E-state index in [0.717, 1.165) is 29.6 Å². The van der Waals surface area contributed by atoms with E-state index in [2.05, 4.69) is 31.2 Å². The van der Waals surface area contributed by atoms with Crippen molar-refractivity contribution in [1.82, 2.24) is 23.8 Å². The summed E-state index contributed by atoms with van der Waals surface area (Å²) in [5.74, 6) is 1.57. The van der Waals surface area contributed by atoms with Crippen LogP contribution >= 0.6 is 23.7 Å². The summed E-state index contributed by atoms with van der Waals surface area (Å²) in [5.41, 5.74) is 7.92. The number of aromatic nitrogens is 4. The number of hydrogen-bond donors (Lipinski definition) is 1. The van der Waals surface area contributed by atoms with E-state index in [1.165, 1.54) is 37.4 Å². The normalized spacial score (nSPS) is 18.2. The van der Waals surface area contributed by atoms with Crippen LogP contribution < -0.4 is 15.2 Å². The van der Waals surface area contributed by atoms with Gasteiger partial charge in [0.15, 0.2) is 33.6 Å². The zero-order valence-electron chi connectivity index (χ0n) is 17.7. The van der Waals surface area contributed by atoms with Gasteiger partial charge in [-0.3, -0.25) is 0 Å². The molecule has 0 amide bonds. The van der Waals surface area contributed by atoms with Crippen molar-refractivity contribution in [2.75, 3.05) is 25.3 Å². The Labute approximate surface area is 194 Å². The highest BCUT2D eigenvalue weighted by atomic mass is 32.2. The fourth-order valence-corrected chi connectivity index (χ4v) is 6.01. The first-order valence-electron chi connectivity index (χ1n) is 10.5. The minimum atomic E-state index is 0.159. The van der Waals surface area contributed by atoms with Crippen LogP contribution in [-0.2, 0) is 6.54 Å². The van der Waals surface area contributed by atoms with E-state index < -0.39 is 0 Å². The Kier molecular flexibility index (Phi) is 5.99. The Hall–Kier alpha value is -2.68. The van der Waals surface area contributed by atoms with Crippen LogP contribution in [0.4, 0.5) is 5.82 Å². The summed E-state index contributed by atoms with van der Waals surface area (Å²) in [6, 6.07) is 6.31. The van der Waals surface area contributed by atoms with Crippen LogP contribution in [0, 0.1) is 11.3 Å². The van der Waals surface area contributed by atoms with Crippen LogP contribution in [0.25, 0.3) is 11.2 Å². The van der Waals surface area contributed by atoms with E-state index in [9.17, 15) is 5.26 Å². The molecule has 1 aromatic carbocycles. The molecule has 0 spiro atoms. The first-order chi connectivity index (χ1) is 15.7. The molecule has 0 aliphatic carbocycles. The molecule has 1 saturated heterocycles. The summed E-state index contributed by atoms with van der Waals surface area (Å²) in [6.45, 7) is 2.03. The Morgan fingerprint density at radius 2 is 2.09 bits per heavy atom. The number of hydrogen-bond acceptors (Lipinski definition) is 10. The molecule has 2 aliphatic rings. The van der Waals surface area contributed by atoms with E-state index in [1.54, 1.807) is 6.07 Å². The lowest BCUT2D eigenvalue weighted by Gasteiger charge is -2.33. The van der Waals surface area contributed by atoms with Gasteiger partial charge < -0.3 is 19.8 Å². The van der Waals surface area contributed by atoms with Crippen molar-refractivity contribution in [3.8, 4) is 17.6 Å². The molecule has 11 heteroatoms. The smallest absolute Gasteiger partial charge is 0.231 e. The number of rotatable bonds is 6. The second-order valence-electron chi connectivity index (χ2n) is 7.65. The number of nitrogen functional groups attached to an aromatic ring is 1. The first kappa shape index (κ1) is 21.2. The molecule has 1 unspecified atom stereocenters. The maximum Gasteiger partial charge on any atom is 0.231 e. The van der Waals surface area contributed by atoms with Crippen LogP contribution in [-0.4, -0.2) is 49.5 Å². The Balaban J connectivity index is 1.49. The molecule has 32 heavy (non-hydrogen) atoms. The average Bonchev–Trinajstić information content (AvgIpc) is 3.42. The lowest BCUT2D eigenvalue weighted by molar-refractivity contribution is 0.174. The predicted molar refractivity (Wildman–Crippen MR) is 124 cm³/mol. The third kappa shape index (κ3) is 3.94. The number of piperidine rings is 1. The highest BCUT2D eigenvalue weighted by Crippen LogP contribution is 2.41. The SMILES string of the molecule is CSN1CCCCC1CCn1c(Sc2cc3c(cc2C#N)OCO3)nc2c(N)ncnc21. The summed E-state index contributed by atoms with van der Waals surface area (Å²) >= 11 is 3.23. The van der Waals surface area contributed by atoms with Gasteiger partial charge in [0, 0.05) is 30.1 Å². The van der Waals surface area contributed by atoms with Crippen molar-refractivity contribution in [3.05, 3.63) is 24.0 Å².